The number of rotatable bonds is 7. The van der Waals surface area contributed by atoms with E-state index >= 15 is 0 Å². The molecule has 2 rings (SSSR count). The molecule has 1 aliphatic rings. The van der Waals surface area contributed by atoms with Crippen LogP contribution in [0, 0.1) is 17.8 Å². The number of hydrogen-bond donors (Lipinski definition) is 1. The summed E-state index contributed by atoms with van der Waals surface area (Å²) in [7, 11) is 0. The van der Waals surface area contributed by atoms with Crippen molar-refractivity contribution >= 4 is 0 Å². The lowest BCUT2D eigenvalue weighted by Crippen LogP contribution is -2.82. The van der Waals surface area contributed by atoms with Crippen molar-refractivity contribution in [2.24, 2.45) is 17.8 Å². The second kappa shape index (κ2) is 7.46. The van der Waals surface area contributed by atoms with Crippen LogP contribution >= 0.6 is 0 Å². The van der Waals surface area contributed by atoms with Gasteiger partial charge in [0.2, 0.25) is 0 Å². The number of furan rings is 1. The molecule has 1 fully saturated rings. The van der Waals surface area contributed by atoms with Gasteiger partial charge in [0, 0.05) is 6.61 Å². The topological polar surface area (TPSA) is 39.0 Å². The van der Waals surface area contributed by atoms with Crippen LogP contribution in [0.4, 0.5) is 0 Å². The van der Waals surface area contributed by atoms with Crippen LogP contribution < -0.4 is 5.32 Å². The van der Waals surface area contributed by atoms with Crippen molar-refractivity contribution in [3.8, 4) is 0 Å². The predicted molar refractivity (Wildman–Crippen MR) is 84.9 cm³/mol. The molecule has 0 spiro atoms. The highest BCUT2D eigenvalue weighted by Crippen LogP contribution is 2.37. The summed E-state index contributed by atoms with van der Waals surface area (Å²) >= 11 is 0. The lowest BCUT2D eigenvalue weighted by atomic mass is 9.73. The van der Waals surface area contributed by atoms with Gasteiger partial charge >= 0.3 is 0 Å². The lowest BCUT2D eigenvalue weighted by molar-refractivity contribution is -0.673. The minimum atomic E-state index is 0.0634. The van der Waals surface area contributed by atoms with Gasteiger partial charge in [0.25, 0.3) is 0 Å². The summed E-state index contributed by atoms with van der Waals surface area (Å²) in [5.74, 6) is 3.44. The van der Waals surface area contributed by atoms with Gasteiger partial charge in [-0.15, -0.1) is 0 Å². The van der Waals surface area contributed by atoms with E-state index in [0.717, 1.165) is 36.7 Å². The van der Waals surface area contributed by atoms with Crippen molar-refractivity contribution < 1.29 is 14.5 Å². The first-order valence-electron chi connectivity index (χ1n) is 8.46. The maximum absolute atomic E-state index is 5.88. The lowest BCUT2D eigenvalue weighted by Gasteiger charge is -2.40. The number of ether oxygens (including phenoxy) is 1. The Labute approximate surface area is 129 Å². The van der Waals surface area contributed by atoms with Gasteiger partial charge in [0.15, 0.2) is 5.76 Å². The minimum Gasteiger partial charge on any atom is -0.463 e. The van der Waals surface area contributed by atoms with E-state index in [1.807, 2.05) is 6.07 Å². The Bertz CT molecular complexity index is 397. The second-order valence-electron chi connectivity index (χ2n) is 7.42. The van der Waals surface area contributed by atoms with Gasteiger partial charge in [-0.2, -0.15) is 0 Å². The molecular weight excluding hydrogens is 262 g/mol. The Morgan fingerprint density at radius 1 is 1.38 bits per heavy atom. The molecule has 1 aromatic heterocycles. The minimum absolute atomic E-state index is 0.0634. The van der Waals surface area contributed by atoms with Gasteiger partial charge in [0.1, 0.15) is 6.54 Å². The van der Waals surface area contributed by atoms with Crippen LogP contribution in [0.15, 0.2) is 22.8 Å². The smallest absolute Gasteiger partial charge is 0.157 e. The third-order valence-corrected chi connectivity index (χ3v) is 4.83. The molecule has 0 aliphatic carbocycles. The zero-order chi connectivity index (χ0) is 15.3. The fourth-order valence-electron chi connectivity index (χ4n) is 3.74. The Kier molecular flexibility index (Phi) is 5.88. The molecule has 1 aliphatic heterocycles. The first kappa shape index (κ1) is 16.6. The van der Waals surface area contributed by atoms with Crippen molar-refractivity contribution in [3.63, 3.8) is 0 Å². The summed E-state index contributed by atoms with van der Waals surface area (Å²) in [5.41, 5.74) is 0.0634. The van der Waals surface area contributed by atoms with Gasteiger partial charge in [0.05, 0.1) is 18.4 Å². The van der Waals surface area contributed by atoms with E-state index in [0.29, 0.717) is 0 Å². The molecule has 0 aromatic carbocycles. The highest BCUT2D eigenvalue weighted by atomic mass is 16.5. The summed E-state index contributed by atoms with van der Waals surface area (Å²) in [5, 5.41) is 2.37. The fourth-order valence-corrected chi connectivity index (χ4v) is 3.74. The first-order valence-corrected chi connectivity index (χ1v) is 8.46. The van der Waals surface area contributed by atoms with Gasteiger partial charge in [-0.25, -0.2) is 0 Å². The highest BCUT2D eigenvalue weighted by molar-refractivity contribution is 4.95. The largest absolute Gasteiger partial charge is 0.463 e. The normalized spacial score (nSPS) is 23.4. The number of nitrogens with two attached hydrogens (primary N) is 1. The molecule has 1 saturated heterocycles. The predicted octanol–water partition coefficient (Wildman–Crippen LogP) is 3.21. The van der Waals surface area contributed by atoms with E-state index in [2.05, 4.69) is 39.1 Å². The number of hydrogen-bond acceptors (Lipinski definition) is 2. The maximum Gasteiger partial charge on any atom is 0.157 e. The van der Waals surface area contributed by atoms with Crippen molar-refractivity contribution in [2.45, 2.75) is 59.1 Å². The molecule has 0 amide bonds. The molecule has 2 heterocycles. The molecule has 0 bridgehead atoms. The summed E-state index contributed by atoms with van der Waals surface area (Å²) in [6.45, 7) is 12.3. The van der Waals surface area contributed by atoms with E-state index in [-0.39, 0.29) is 5.60 Å². The number of quaternary nitrogens is 1. The fraction of sp³-hybridized carbons (Fsp3) is 0.778. The molecule has 0 radical (unpaired) electrons. The molecule has 3 nitrogen and oxygen atoms in total. The quantitative estimate of drug-likeness (QED) is 0.784. The molecule has 0 unspecified atom stereocenters. The van der Waals surface area contributed by atoms with Crippen molar-refractivity contribution in [1.29, 1.82) is 0 Å². The summed E-state index contributed by atoms with van der Waals surface area (Å²) < 4.78 is 11.3. The van der Waals surface area contributed by atoms with Crippen LogP contribution in [0.25, 0.3) is 0 Å². The third-order valence-electron chi connectivity index (χ3n) is 4.83. The highest BCUT2D eigenvalue weighted by Gasteiger charge is 2.34. The average molecular weight is 294 g/mol. The third kappa shape index (κ3) is 5.15. The zero-order valence-corrected chi connectivity index (χ0v) is 14.1. The van der Waals surface area contributed by atoms with Crippen LogP contribution in [0.3, 0.4) is 0 Å². The summed E-state index contributed by atoms with van der Waals surface area (Å²) in [6, 6.07) is 4.02. The Hall–Kier alpha value is -0.800. The molecule has 21 heavy (non-hydrogen) atoms. The average Bonchev–Trinajstić information content (AvgIpc) is 2.90. The van der Waals surface area contributed by atoms with E-state index in [1.54, 1.807) is 6.26 Å². The molecule has 0 saturated carbocycles. The summed E-state index contributed by atoms with van der Waals surface area (Å²) in [4.78, 5) is 0. The van der Waals surface area contributed by atoms with E-state index in [9.17, 15) is 0 Å². The van der Waals surface area contributed by atoms with Crippen LogP contribution in [-0.4, -0.2) is 18.8 Å². The van der Waals surface area contributed by atoms with E-state index in [4.69, 9.17) is 9.15 Å². The Morgan fingerprint density at radius 2 is 2.19 bits per heavy atom. The Morgan fingerprint density at radius 3 is 2.81 bits per heavy atom. The second-order valence-corrected chi connectivity index (χ2v) is 7.42. The SMILES string of the molecule is CC(C)[C@H](CC[NH2+]Cc1ccco1)[C@@H]1CCOC(C)(C)C1. The van der Waals surface area contributed by atoms with Gasteiger partial charge in [-0.3, -0.25) is 0 Å². The van der Waals surface area contributed by atoms with E-state index in [1.165, 1.54) is 25.8 Å². The first-order chi connectivity index (χ1) is 9.98. The van der Waals surface area contributed by atoms with Crippen molar-refractivity contribution in [2.75, 3.05) is 13.2 Å². The van der Waals surface area contributed by atoms with Crippen LogP contribution in [0.2, 0.25) is 0 Å². The molecule has 2 atom stereocenters. The molecule has 1 aromatic rings. The summed E-state index contributed by atoms with van der Waals surface area (Å²) in [6.07, 6.45) is 5.47. The Balaban J connectivity index is 1.78. The molecule has 3 heteroatoms. The van der Waals surface area contributed by atoms with E-state index < -0.39 is 0 Å². The molecular formula is C18H32NO2+. The molecule has 120 valence electrons. The van der Waals surface area contributed by atoms with Crippen LogP contribution in [-0.2, 0) is 11.3 Å². The van der Waals surface area contributed by atoms with Crippen molar-refractivity contribution in [3.05, 3.63) is 24.2 Å². The van der Waals surface area contributed by atoms with Crippen molar-refractivity contribution in [1.82, 2.24) is 0 Å². The van der Waals surface area contributed by atoms with Gasteiger partial charge in [-0.1, -0.05) is 13.8 Å². The van der Waals surface area contributed by atoms with Gasteiger partial charge in [-0.05, 0) is 63.0 Å². The monoisotopic (exact) mass is 294 g/mol. The standard InChI is InChI=1S/C18H31NO2/c1-14(2)17(15-8-11-21-18(3,4)12-15)7-9-19-13-16-6-5-10-20-16/h5-6,10,14-15,17,19H,7-9,11-13H2,1-4H3/p+1/t15-,17+/m1/s1. The van der Waals surface area contributed by atoms with Gasteiger partial charge < -0.3 is 14.5 Å². The van der Waals surface area contributed by atoms with Crippen LogP contribution in [0.5, 0.6) is 0 Å². The van der Waals surface area contributed by atoms with Crippen LogP contribution in [0.1, 0.15) is 52.7 Å². The zero-order valence-electron chi connectivity index (χ0n) is 14.1. The molecule has 2 N–H and O–H groups in total. The maximum atomic E-state index is 5.88.